The van der Waals surface area contributed by atoms with E-state index in [1.165, 1.54) is 0 Å². The van der Waals surface area contributed by atoms with Crippen LogP contribution in [0.5, 0.6) is 0 Å². The number of rotatable bonds is 14. The Balaban J connectivity index is 1.85. The van der Waals surface area contributed by atoms with Gasteiger partial charge in [-0.2, -0.15) is 0 Å². The van der Waals surface area contributed by atoms with Gasteiger partial charge in [0.2, 0.25) is 11.8 Å². The van der Waals surface area contributed by atoms with Crippen molar-refractivity contribution in [3.63, 3.8) is 0 Å². The van der Waals surface area contributed by atoms with Crippen molar-refractivity contribution >= 4 is 29.1 Å². The highest BCUT2D eigenvalue weighted by molar-refractivity contribution is 6.05. The minimum atomic E-state index is -1.21. The maximum absolute atomic E-state index is 15.0. The van der Waals surface area contributed by atoms with E-state index in [4.69, 9.17) is 4.74 Å². The van der Waals surface area contributed by atoms with Gasteiger partial charge in [-0.1, -0.05) is 32.9 Å². The van der Waals surface area contributed by atoms with Crippen LogP contribution in [-0.4, -0.2) is 95.7 Å². The SMILES string of the molecule is C=CCN(C)C(=O)[C@H]1[C@H]2C(=O)N([C@@H](CO)CC(C)C)C(C(=O)N(CC=C)c3ccc(N(CC)CC)cc3)C23CC(C)[C@]1(C)O3. The number of aliphatic hydroxyl groups is 1. The maximum Gasteiger partial charge on any atom is 0.253 e. The summed E-state index contributed by atoms with van der Waals surface area (Å²) in [5.74, 6) is -2.28. The van der Waals surface area contributed by atoms with E-state index in [1.807, 2.05) is 52.0 Å². The number of nitrogens with zero attached hydrogens (tertiary/aromatic N) is 4. The Morgan fingerprint density at radius 2 is 1.68 bits per heavy atom. The van der Waals surface area contributed by atoms with Crippen LogP contribution < -0.4 is 9.80 Å². The van der Waals surface area contributed by atoms with Crippen molar-refractivity contribution in [3.05, 3.63) is 49.6 Å². The van der Waals surface area contributed by atoms with Crippen LogP contribution in [-0.2, 0) is 19.1 Å². The Kier molecular flexibility index (Phi) is 10.0. The molecule has 0 aromatic heterocycles. The standard InChI is InChI=1S/C35H52N4O5/c1-10-18-36(9)31(41)28-29-32(42)39(27(22-40)20-23(5)6)30(35(29)21-24(7)34(28,8)44-35)33(43)38(19-11-2)26-16-14-25(15-17-26)37(12-3)13-4/h10-11,14-17,23-24,27-30,40H,1-2,12-13,18-22H2,3-9H3/t24?,27-,28-,29+,30?,34+,35?/m1/s1. The van der Waals surface area contributed by atoms with Gasteiger partial charge in [0.15, 0.2) is 0 Å². The van der Waals surface area contributed by atoms with Crippen LogP contribution in [0.25, 0.3) is 0 Å². The van der Waals surface area contributed by atoms with E-state index in [0.717, 1.165) is 18.8 Å². The molecule has 3 fully saturated rings. The quantitative estimate of drug-likeness (QED) is 0.320. The van der Waals surface area contributed by atoms with Gasteiger partial charge in [-0.05, 0) is 69.7 Å². The molecule has 0 saturated carbocycles. The summed E-state index contributed by atoms with van der Waals surface area (Å²) in [5.41, 5.74) is -0.378. The zero-order valence-electron chi connectivity index (χ0n) is 27.7. The molecule has 1 aromatic carbocycles. The molecule has 1 aromatic rings. The summed E-state index contributed by atoms with van der Waals surface area (Å²) in [4.78, 5) is 50.7. The van der Waals surface area contributed by atoms with Gasteiger partial charge in [-0.15, -0.1) is 13.2 Å². The third-order valence-electron chi connectivity index (χ3n) is 10.2. The Morgan fingerprint density at radius 1 is 1.09 bits per heavy atom. The van der Waals surface area contributed by atoms with Crippen molar-refractivity contribution < 1.29 is 24.2 Å². The molecule has 3 aliphatic rings. The van der Waals surface area contributed by atoms with E-state index in [9.17, 15) is 19.5 Å². The first kappa shape index (κ1) is 33.7. The smallest absolute Gasteiger partial charge is 0.253 e. The first-order valence-electron chi connectivity index (χ1n) is 16.1. The van der Waals surface area contributed by atoms with Crippen LogP contribution >= 0.6 is 0 Å². The van der Waals surface area contributed by atoms with Gasteiger partial charge in [-0.3, -0.25) is 14.4 Å². The van der Waals surface area contributed by atoms with Crippen LogP contribution in [0.15, 0.2) is 49.6 Å². The lowest BCUT2D eigenvalue weighted by Crippen LogP contribution is -2.59. The van der Waals surface area contributed by atoms with E-state index < -0.39 is 35.1 Å². The number of fused-ring (bicyclic) bond motifs is 1. The minimum Gasteiger partial charge on any atom is -0.394 e. The maximum atomic E-state index is 15.0. The summed E-state index contributed by atoms with van der Waals surface area (Å²) in [6, 6.07) is 6.26. The van der Waals surface area contributed by atoms with E-state index in [-0.39, 0.29) is 42.7 Å². The molecule has 4 rings (SSSR count). The first-order valence-corrected chi connectivity index (χ1v) is 16.1. The number of ether oxygens (including phenoxy) is 1. The van der Waals surface area contributed by atoms with Crippen LogP contribution in [0.1, 0.15) is 54.4 Å². The number of likely N-dealkylation sites (tertiary alicyclic amines) is 1. The van der Waals surface area contributed by atoms with E-state index in [0.29, 0.717) is 25.1 Å². The number of anilines is 2. The van der Waals surface area contributed by atoms with Gasteiger partial charge in [0.1, 0.15) is 11.6 Å². The van der Waals surface area contributed by atoms with Crippen molar-refractivity contribution in [2.45, 2.75) is 77.7 Å². The molecule has 2 bridgehead atoms. The first-order chi connectivity index (χ1) is 20.9. The molecular weight excluding hydrogens is 556 g/mol. The second-order valence-corrected chi connectivity index (χ2v) is 13.3. The third-order valence-corrected chi connectivity index (χ3v) is 10.2. The molecule has 3 heterocycles. The van der Waals surface area contributed by atoms with Crippen molar-refractivity contribution in [2.24, 2.45) is 23.7 Å². The lowest BCUT2D eigenvalue weighted by molar-refractivity contribution is -0.153. The Labute approximate surface area is 263 Å². The summed E-state index contributed by atoms with van der Waals surface area (Å²) >= 11 is 0. The lowest BCUT2D eigenvalue weighted by Gasteiger charge is -2.40. The average Bonchev–Trinajstić information content (AvgIpc) is 3.51. The molecule has 1 N–H and O–H groups in total. The van der Waals surface area contributed by atoms with E-state index in [1.54, 1.807) is 33.9 Å². The zero-order chi connectivity index (χ0) is 32.6. The van der Waals surface area contributed by atoms with Crippen molar-refractivity contribution in [2.75, 3.05) is 49.6 Å². The number of hydrogen-bond donors (Lipinski definition) is 1. The molecule has 1 spiro atoms. The molecule has 7 atom stereocenters. The summed E-state index contributed by atoms with van der Waals surface area (Å²) in [7, 11) is 1.71. The fourth-order valence-electron chi connectivity index (χ4n) is 8.10. The van der Waals surface area contributed by atoms with Gasteiger partial charge in [-0.25, -0.2) is 0 Å². The van der Waals surface area contributed by atoms with Crippen LogP contribution in [0, 0.1) is 23.7 Å². The Morgan fingerprint density at radius 3 is 2.20 bits per heavy atom. The molecule has 242 valence electrons. The highest BCUT2D eigenvalue weighted by Gasteiger charge is 2.80. The Bertz CT molecular complexity index is 1250. The topological polar surface area (TPSA) is 93.6 Å². The van der Waals surface area contributed by atoms with Crippen molar-refractivity contribution in [3.8, 4) is 0 Å². The molecular formula is C35H52N4O5. The normalized spacial score (nSPS) is 29.5. The summed E-state index contributed by atoms with van der Waals surface area (Å²) in [6.07, 6.45) is 4.31. The van der Waals surface area contributed by atoms with Crippen LogP contribution in [0.3, 0.4) is 0 Å². The minimum absolute atomic E-state index is 0.0771. The highest BCUT2D eigenvalue weighted by Crippen LogP contribution is 2.66. The van der Waals surface area contributed by atoms with Crippen molar-refractivity contribution in [1.29, 1.82) is 0 Å². The third kappa shape index (κ3) is 5.36. The number of carbonyl (C=O) groups is 3. The second kappa shape index (κ2) is 13.1. The predicted molar refractivity (Wildman–Crippen MR) is 174 cm³/mol. The molecule has 9 heteroatoms. The average molecular weight is 609 g/mol. The summed E-state index contributed by atoms with van der Waals surface area (Å²) < 4.78 is 6.93. The predicted octanol–water partition coefficient (Wildman–Crippen LogP) is 4.11. The molecule has 3 saturated heterocycles. The Hall–Kier alpha value is -3.17. The molecule has 3 amide bonds. The van der Waals surface area contributed by atoms with E-state index >= 15 is 0 Å². The number of likely N-dealkylation sites (N-methyl/N-ethyl adjacent to an activating group) is 1. The van der Waals surface area contributed by atoms with Gasteiger partial charge in [0, 0.05) is 44.6 Å². The van der Waals surface area contributed by atoms with Crippen LogP contribution in [0.4, 0.5) is 11.4 Å². The molecule has 0 aliphatic carbocycles. The molecule has 44 heavy (non-hydrogen) atoms. The monoisotopic (exact) mass is 608 g/mol. The lowest BCUT2D eigenvalue weighted by atomic mass is 9.62. The summed E-state index contributed by atoms with van der Waals surface area (Å²) in [5, 5.41) is 10.6. The number of aliphatic hydroxyl groups excluding tert-OH is 1. The highest BCUT2D eigenvalue weighted by atomic mass is 16.5. The van der Waals surface area contributed by atoms with Gasteiger partial charge >= 0.3 is 0 Å². The number of hydrogen-bond acceptors (Lipinski definition) is 6. The zero-order valence-corrected chi connectivity index (χ0v) is 27.7. The fourth-order valence-corrected chi connectivity index (χ4v) is 8.10. The summed E-state index contributed by atoms with van der Waals surface area (Å²) in [6.45, 7) is 21.9. The van der Waals surface area contributed by atoms with Gasteiger partial charge in [0.25, 0.3) is 5.91 Å². The van der Waals surface area contributed by atoms with E-state index in [2.05, 4.69) is 31.9 Å². The molecule has 3 aliphatic heterocycles. The van der Waals surface area contributed by atoms with Gasteiger partial charge in [0.05, 0.1) is 30.1 Å². The molecule has 3 unspecified atom stereocenters. The number of carbonyl (C=O) groups excluding carboxylic acids is 3. The van der Waals surface area contributed by atoms with Gasteiger partial charge < -0.3 is 29.4 Å². The largest absolute Gasteiger partial charge is 0.394 e. The second-order valence-electron chi connectivity index (χ2n) is 13.3. The number of amides is 3. The van der Waals surface area contributed by atoms with Crippen molar-refractivity contribution in [1.82, 2.24) is 9.80 Å². The van der Waals surface area contributed by atoms with Crippen LogP contribution in [0.2, 0.25) is 0 Å². The molecule has 0 radical (unpaired) electrons. The number of benzene rings is 1. The fraction of sp³-hybridized carbons (Fsp3) is 0.629. The molecule has 9 nitrogen and oxygen atoms in total.